The molecule has 0 atom stereocenters. The lowest BCUT2D eigenvalue weighted by atomic mass is 9.88. The van der Waals surface area contributed by atoms with Crippen molar-refractivity contribution in [2.24, 2.45) is 5.41 Å². The highest BCUT2D eigenvalue weighted by Gasteiger charge is 2.40. The Balaban J connectivity index is 2.35. The number of carbonyl (C=O) groups excluding carboxylic acids is 2. The topological polar surface area (TPSA) is 49.4 Å². The van der Waals surface area contributed by atoms with Crippen LogP contribution in [0.25, 0.3) is 0 Å². The fourth-order valence-corrected chi connectivity index (χ4v) is 2.59. The van der Waals surface area contributed by atoms with Crippen molar-refractivity contribution in [1.29, 1.82) is 0 Å². The molecule has 0 aliphatic heterocycles. The van der Waals surface area contributed by atoms with Crippen molar-refractivity contribution in [3.8, 4) is 0 Å². The average molecular weight is 352 g/mol. The predicted molar refractivity (Wildman–Crippen MR) is 106 cm³/mol. The molecular formula is C22H28N2O2. The number of nitrogens with one attached hydrogen (secondary N) is 1. The number of nitrogens with zero attached hydrogens (tertiary/aromatic N) is 1. The average Bonchev–Trinajstić information content (AvgIpc) is 2.59. The van der Waals surface area contributed by atoms with Crippen LogP contribution >= 0.6 is 0 Å². The zero-order valence-electron chi connectivity index (χ0n) is 16.2. The van der Waals surface area contributed by atoms with Crippen molar-refractivity contribution in [3.63, 3.8) is 0 Å². The lowest BCUT2D eigenvalue weighted by Gasteiger charge is -2.33. The predicted octanol–water partition coefficient (Wildman–Crippen LogP) is 4.16. The maximum Gasteiger partial charge on any atom is 0.242 e. The van der Waals surface area contributed by atoms with Gasteiger partial charge in [0.2, 0.25) is 11.8 Å². The molecule has 2 aromatic rings. The van der Waals surface area contributed by atoms with E-state index in [0.717, 1.165) is 11.3 Å². The van der Waals surface area contributed by atoms with Gasteiger partial charge in [0.1, 0.15) is 5.41 Å². The first-order chi connectivity index (χ1) is 12.1. The van der Waals surface area contributed by atoms with E-state index >= 15 is 0 Å². The first-order valence-electron chi connectivity index (χ1n) is 8.85. The van der Waals surface area contributed by atoms with Crippen LogP contribution in [0.15, 0.2) is 60.7 Å². The van der Waals surface area contributed by atoms with E-state index in [0.29, 0.717) is 6.54 Å². The fraction of sp³-hybridized carbons (Fsp3) is 0.364. The molecule has 4 heteroatoms. The molecule has 0 aliphatic rings. The van der Waals surface area contributed by atoms with Crippen molar-refractivity contribution in [1.82, 2.24) is 5.32 Å². The molecule has 4 nitrogen and oxygen atoms in total. The van der Waals surface area contributed by atoms with Gasteiger partial charge in [0.05, 0.1) is 6.54 Å². The molecular weight excluding hydrogens is 324 g/mol. The summed E-state index contributed by atoms with van der Waals surface area (Å²) in [5, 5.41) is 2.92. The van der Waals surface area contributed by atoms with Crippen molar-refractivity contribution in [2.45, 2.75) is 46.7 Å². The van der Waals surface area contributed by atoms with Gasteiger partial charge >= 0.3 is 0 Å². The van der Waals surface area contributed by atoms with Crippen LogP contribution in [-0.4, -0.2) is 17.4 Å². The monoisotopic (exact) mass is 352 g/mol. The molecule has 2 amide bonds. The zero-order valence-corrected chi connectivity index (χ0v) is 16.2. The molecule has 0 aromatic heterocycles. The normalized spacial score (nSPS) is 11.7. The molecule has 0 heterocycles. The summed E-state index contributed by atoms with van der Waals surface area (Å²) in [4.78, 5) is 27.8. The second-order valence-corrected chi connectivity index (χ2v) is 8.04. The molecule has 2 aromatic carbocycles. The Kier molecular flexibility index (Phi) is 5.86. The van der Waals surface area contributed by atoms with Gasteiger partial charge in [0, 0.05) is 11.2 Å². The second-order valence-electron chi connectivity index (χ2n) is 8.04. The van der Waals surface area contributed by atoms with Crippen molar-refractivity contribution < 1.29 is 9.59 Å². The number of rotatable bonds is 5. The number of anilines is 1. The van der Waals surface area contributed by atoms with Gasteiger partial charge in [0.15, 0.2) is 0 Å². The fourth-order valence-electron chi connectivity index (χ4n) is 2.59. The largest absolute Gasteiger partial charge is 0.351 e. The Morgan fingerprint density at radius 1 is 0.846 bits per heavy atom. The summed E-state index contributed by atoms with van der Waals surface area (Å²) in [5.74, 6) is -0.502. The highest BCUT2D eigenvalue weighted by molar-refractivity contribution is 6.11. The van der Waals surface area contributed by atoms with Gasteiger partial charge in [-0.1, -0.05) is 48.5 Å². The molecule has 0 saturated carbocycles. The van der Waals surface area contributed by atoms with E-state index in [2.05, 4.69) is 5.32 Å². The Morgan fingerprint density at radius 2 is 1.35 bits per heavy atom. The summed E-state index contributed by atoms with van der Waals surface area (Å²) in [7, 11) is 0. The van der Waals surface area contributed by atoms with E-state index in [1.807, 2.05) is 81.4 Å². The van der Waals surface area contributed by atoms with Crippen LogP contribution in [0, 0.1) is 5.41 Å². The van der Waals surface area contributed by atoms with Crippen LogP contribution in [0.3, 0.4) is 0 Å². The minimum absolute atomic E-state index is 0.227. The SMILES string of the molecule is CC(C)(C)NC(=O)C(C)(C)C(=O)N(Cc1ccccc1)c1ccccc1. The minimum Gasteiger partial charge on any atom is -0.351 e. The van der Waals surface area contributed by atoms with Crippen LogP contribution in [0.2, 0.25) is 0 Å². The van der Waals surface area contributed by atoms with Gasteiger partial charge in [-0.2, -0.15) is 0 Å². The number of amides is 2. The van der Waals surface area contributed by atoms with Crippen LogP contribution in [0.1, 0.15) is 40.2 Å². The molecule has 2 rings (SSSR count). The number of para-hydroxylation sites is 1. The van der Waals surface area contributed by atoms with Crippen LogP contribution in [0.4, 0.5) is 5.69 Å². The second kappa shape index (κ2) is 7.73. The van der Waals surface area contributed by atoms with E-state index in [1.165, 1.54) is 0 Å². The summed E-state index contributed by atoms with van der Waals surface area (Å²) < 4.78 is 0. The molecule has 0 unspecified atom stereocenters. The van der Waals surface area contributed by atoms with E-state index in [4.69, 9.17) is 0 Å². The number of hydrogen-bond donors (Lipinski definition) is 1. The summed E-state index contributed by atoms with van der Waals surface area (Å²) in [6, 6.07) is 19.3. The van der Waals surface area contributed by atoms with Crippen molar-refractivity contribution in [3.05, 3.63) is 66.2 Å². The molecule has 1 N–H and O–H groups in total. The number of hydrogen-bond acceptors (Lipinski definition) is 2. The first-order valence-corrected chi connectivity index (χ1v) is 8.85. The van der Waals surface area contributed by atoms with Gasteiger partial charge < -0.3 is 10.2 Å². The van der Waals surface area contributed by atoms with Crippen LogP contribution < -0.4 is 10.2 Å². The standard InChI is InChI=1S/C22H28N2O2/c1-21(2,3)23-19(25)22(4,5)20(26)24(18-14-10-7-11-15-18)16-17-12-8-6-9-13-17/h6-15H,16H2,1-5H3,(H,23,25). The van der Waals surface area contributed by atoms with Gasteiger partial charge in [-0.3, -0.25) is 9.59 Å². The van der Waals surface area contributed by atoms with Gasteiger partial charge in [-0.15, -0.1) is 0 Å². The van der Waals surface area contributed by atoms with Gasteiger partial charge in [-0.25, -0.2) is 0 Å². The molecule has 26 heavy (non-hydrogen) atoms. The lowest BCUT2D eigenvalue weighted by Crippen LogP contribution is -2.53. The smallest absolute Gasteiger partial charge is 0.242 e. The third-order valence-corrected chi connectivity index (χ3v) is 4.09. The highest BCUT2D eigenvalue weighted by atomic mass is 16.2. The molecule has 0 aliphatic carbocycles. The van der Waals surface area contributed by atoms with E-state index in [9.17, 15) is 9.59 Å². The quantitative estimate of drug-likeness (QED) is 0.822. The maximum atomic E-state index is 13.4. The highest BCUT2D eigenvalue weighted by Crippen LogP contribution is 2.26. The Labute approximate surface area is 156 Å². The third kappa shape index (κ3) is 4.94. The lowest BCUT2D eigenvalue weighted by molar-refractivity contribution is -0.140. The van der Waals surface area contributed by atoms with Crippen molar-refractivity contribution in [2.75, 3.05) is 4.90 Å². The molecule has 138 valence electrons. The summed E-state index contributed by atoms with van der Waals surface area (Å²) in [5.41, 5.74) is 0.207. The number of benzene rings is 2. The van der Waals surface area contributed by atoms with E-state index in [-0.39, 0.29) is 11.8 Å². The molecule has 0 radical (unpaired) electrons. The summed E-state index contributed by atoms with van der Waals surface area (Å²) in [6.07, 6.45) is 0. The minimum atomic E-state index is -1.18. The Morgan fingerprint density at radius 3 is 1.85 bits per heavy atom. The molecule has 0 fully saturated rings. The van der Waals surface area contributed by atoms with E-state index in [1.54, 1.807) is 18.7 Å². The summed E-state index contributed by atoms with van der Waals surface area (Å²) in [6.45, 7) is 9.49. The van der Waals surface area contributed by atoms with Crippen LogP contribution in [0.5, 0.6) is 0 Å². The summed E-state index contributed by atoms with van der Waals surface area (Å²) >= 11 is 0. The zero-order chi connectivity index (χ0) is 19.4. The maximum absolute atomic E-state index is 13.4. The molecule has 0 saturated heterocycles. The van der Waals surface area contributed by atoms with E-state index < -0.39 is 11.0 Å². The molecule has 0 spiro atoms. The number of carbonyl (C=O) groups is 2. The van der Waals surface area contributed by atoms with Gasteiger partial charge in [-0.05, 0) is 52.3 Å². The van der Waals surface area contributed by atoms with Crippen LogP contribution in [-0.2, 0) is 16.1 Å². The van der Waals surface area contributed by atoms with Crippen molar-refractivity contribution >= 4 is 17.5 Å². The van der Waals surface area contributed by atoms with Gasteiger partial charge in [0.25, 0.3) is 0 Å². The Hall–Kier alpha value is -2.62. The third-order valence-electron chi connectivity index (χ3n) is 4.09. The molecule has 0 bridgehead atoms. The Bertz CT molecular complexity index is 747. The first kappa shape index (κ1) is 19.7.